The lowest BCUT2D eigenvalue weighted by Crippen LogP contribution is -2.30. The highest BCUT2D eigenvalue weighted by molar-refractivity contribution is 7.98. The maximum Gasteiger partial charge on any atom is 0.105 e. The molecule has 1 N–H and O–H groups in total. The van der Waals surface area contributed by atoms with Gasteiger partial charge in [0.15, 0.2) is 0 Å². The first-order chi connectivity index (χ1) is 6.14. The van der Waals surface area contributed by atoms with E-state index in [0.29, 0.717) is 0 Å². The van der Waals surface area contributed by atoms with Crippen LogP contribution in [-0.2, 0) is 0 Å². The molecule has 2 nitrogen and oxygen atoms in total. The molecule has 0 fully saturated rings. The molecule has 1 atom stereocenters. The molecule has 0 aliphatic carbocycles. The first-order valence-corrected chi connectivity index (χ1v) is 5.79. The molecule has 0 aromatic rings. The largest absolute Gasteiger partial charge is 0.247 e. The number of nitrogens with zero attached hydrogens (tertiary/aromatic N) is 1. The summed E-state index contributed by atoms with van der Waals surface area (Å²) in [5.74, 6) is 0. The lowest BCUT2D eigenvalue weighted by Gasteiger charge is -2.25. The first kappa shape index (κ1) is 13.8. The van der Waals surface area contributed by atoms with Crippen LogP contribution in [0.4, 0.5) is 0 Å². The standard InChI is InChI=1S/C11H22N2S/c1-10(2,3)7-9(8-12)13-14-11(4,5)6/h9,13H,7H2,1-6H3/t9-/m1/s1. The molecule has 0 saturated heterocycles. The Kier molecular flexibility index (Phi) is 4.97. The average molecular weight is 214 g/mol. The molecule has 0 aliphatic heterocycles. The van der Waals surface area contributed by atoms with Gasteiger partial charge in [-0.05, 0) is 32.6 Å². The van der Waals surface area contributed by atoms with Gasteiger partial charge < -0.3 is 0 Å². The molecule has 82 valence electrons. The zero-order chi connectivity index (χ0) is 11.4. The van der Waals surface area contributed by atoms with Gasteiger partial charge in [0.25, 0.3) is 0 Å². The first-order valence-electron chi connectivity index (χ1n) is 4.97. The zero-order valence-corrected chi connectivity index (χ0v) is 11.0. The summed E-state index contributed by atoms with van der Waals surface area (Å²) in [6.45, 7) is 12.9. The van der Waals surface area contributed by atoms with Crippen LogP contribution in [0.15, 0.2) is 0 Å². The number of nitriles is 1. The lowest BCUT2D eigenvalue weighted by atomic mass is 9.89. The van der Waals surface area contributed by atoms with Crippen molar-refractivity contribution in [2.24, 2.45) is 5.41 Å². The van der Waals surface area contributed by atoms with Gasteiger partial charge in [0.05, 0.1) is 6.07 Å². The lowest BCUT2D eigenvalue weighted by molar-refractivity contribution is 0.356. The van der Waals surface area contributed by atoms with Gasteiger partial charge in [-0.25, -0.2) is 4.72 Å². The molecule has 0 amide bonds. The number of nitrogens with one attached hydrogen (secondary N) is 1. The molecule has 0 bridgehead atoms. The third-order valence-corrected chi connectivity index (χ3v) is 2.49. The molecule has 0 rings (SSSR count). The quantitative estimate of drug-likeness (QED) is 0.732. The van der Waals surface area contributed by atoms with Gasteiger partial charge in [-0.3, -0.25) is 0 Å². The van der Waals surface area contributed by atoms with Crippen molar-refractivity contribution in [3.63, 3.8) is 0 Å². The molecular weight excluding hydrogens is 192 g/mol. The van der Waals surface area contributed by atoms with E-state index in [2.05, 4.69) is 52.3 Å². The van der Waals surface area contributed by atoms with Crippen molar-refractivity contribution in [2.75, 3.05) is 0 Å². The minimum Gasteiger partial charge on any atom is -0.247 e. The highest BCUT2D eigenvalue weighted by Crippen LogP contribution is 2.25. The maximum absolute atomic E-state index is 8.96. The maximum atomic E-state index is 8.96. The number of hydrogen-bond acceptors (Lipinski definition) is 3. The van der Waals surface area contributed by atoms with Crippen LogP contribution in [-0.4, -0.2) is 10.8 Å². The Hall–Kier alpha value is -0.200. The summed E-state index contributed by atoms with van der Waals surface area (Å²) in [7, 11) is 0. The predicted molar refractivity (Wildman–Crippen MR) is 64.0 cm³/mol. The van der Waals surface area contributed by atoms with Gasteiger partial charge in [0.2, 0.25) is 0 Å². The molecule has 0 saturated carbocycles. The minimum atomic E-state index is -0.0563. The highest BCUT2D eigenvalue weighted by atomic mass is 32.2. The van der Waals surface area contributed by atoms with Crippen molar-refractivity contribution in [1.82, 2.24) is 4.72 Å². The molecular formula is C11H22N2S. The fourth-order valence-corrected chi connectivity index (χ4v) is 1.61. The summed E-state index contributed by atoms with van der Waals surface area (Å²) in [4.78, 5) is 0. The topological polar surface area (TPSA) is 35.8 Å². The molecule has 0 aromatic heterocycles. The van der Waals surface area contributed by atoms with E-state index < -0.39 is 0 Å². The van der Waals surface area contributed by atoms with Gasteiger partial charge in [-0.2, -0.15) is 5.26 Å². The van der Waals surface area contributed by atoms with Crippen molar-refractivity contribution in [2.45, 2.75) is 58.8 Å². The fraction of sp³-hybridized carbons (Fsp3) is 0.909. The Morgan fingerprint density at radius 1 is 1.21 bits per heavy atom. The second-order valence-corrected chi connectivity index (χ2v) is 7.44. The van der Waals surface area contributed by atoms with Crippen LogP contribution in [0.25, 0.3) is 0 Å². The Morgan fingerprint density at radius 2 is 1.71 bits per heavy atom. The smallest absolute Gasteiger partial charge is 0.105 e. The number of rotatable bonds is 3. The Morgan fingerprint density at radius 3 is 2.00 bits per heavy atom. The molecule has 0 unspecified atom stereocenters. The van der Waals surface area contributed by atoms with E-state index in [0.717, 1.165) is 6.42 Å². The Labute approximate surface area is 92.6 Å². The van der Waals surface area contributed by atoms with E-state index in [1.807, 2.05) is 0 Å². The second-order valence-electron chi connectivity index (χ2n) is 5.78. The van der Waals surface area contributed by atoms with Gasteiger partial charge >= 0.3 is 0 Å². The van der Waals surface area contributed by atoms with Gasteiger partial charge in [-0.1, -0.05) is 32.7 Å². The van der Waals surface area contributed by atoms with Crippen molar-refractivity contribution >= 4 is 11.9 Å². The van der Waals surface area contributed by atoms with Crippen molar-refractivity contribution < 1.29 is 0 Å². The summed E-state index contributed by atoms with van der Waals surface area (Å²) in [5, 5.41) is 8.96. The summed E-state index contributed by atoms with van der Waals surface area (Å²) in [6, 6.07) is 2.24. The van der Waals surface area contributed by atoms with Gasteiger partial charge in [-0.15, -0.1) is 0 Å². The van der Waals surface area contributed by atoms with Crippen LogP contribution in [0.1, 0.15) is 48.0 Å². The van der Waals surface area contributed by atoms with Crippen LogP contribution < -0.4 is 4.72 Å². The molecule has 14 heavy (non-hydrogen) atoms. The van der Waals surface area contributed by atoms with Crippen molar-refractivity contribution in [1.29, 1.82) is 5.26 Å². The minimum absolute atomic E-state index is 0.0563. The molecule has 0 heterocycles. The SMILES string of the molecule is CC(C)(C)C[C@H](C#N)NSC(C)(C)C. The Balaban J connectivity index is 4.01. The van der Waals surface area contributed by atoms with E-state index in [1.165, 1.54) is 0 Å². The molecule has 0 aliphatic rings. The van der Waals surface area contributed by atoms with Crippen LogP contribution in [0.3, 0.4) is 0 Å². The third-order valence-electron chi connectivity index (χ3n) is 1.48. The second kappa shape index (κ2) is 5.04. The van der Waals surface area contributed by atoms with E-state index in [1.54, 1.807) is 11.9 Å². The number of hydrogen-bond donors (Lipinski definition) is 1. The van der Waals surface area contributed by atoms with Crippen LogP contribution >= 0.6 is 11.9 Å². The average Bonchev–Trinajstić information content (AvgIpc) is 1.94. The molecule has 3 heteroatoms. The van der Waals surface area contributed by atoms with Crippen molar-refractivity contribution in [3.05, 3.63) is 0 Å². The summed E-state index contributed by atoms with van der Waals surface area (Å²) in [6.07, 6.45) is 0.882. The molecule has 0 spiro atoms. The van der Waals surface area contributed by atoms with Crippen LogP contribution in [0.5, 0.6) is 0 Å². The van der Waals surface area contributed by atoms with Gasteiger partial charge in [0, 0.05) is 4.75 Å². The van der Waals surface area contributed by atoms with Crippen LogP contribution in [0.2, 0.25) is 0 Å². The van der Waals surface area contributed by atoms with E-state index >= 15 is 0 Å². The zero-order valence-electron chi connectivity index (χ0n) is 10.1. The summed E-state index contributed by atoms with van der Waals surface area (Å²) < 4.78 is 3.38. The summed E-state index contributed by atoms with van der Waals surface area (Å²) in [5.41, 5.74) is 0.200. The summed E-state index contributed by atoms with van der Waals surface area (Å²) >= 11 is 1.63. The van der Waals surface area contributed by atoms with Gasteiger partial charge in [0.1, 0.15) is 6.04 Å². The van der Waals surface area contributed by atoms with E-state index in [9.17, 15) is 0 Å². The van der Waals surface area contributed by atoms with Crippen LogP contribution in [0, 0.1) is 16.7 Å². The van der Waals surface area contributed by atoms with E-state index in [-0.39, 0.29) is 16.2 Å². The highest BCUT2D eigenvalue weighted by Gasteiger charge is 2.20. The predicted octanol–water partition coefficient (Wildman–Crippen LogP) is 3.35. The monoisotopic (exact) mass is 214 g/mol. The normalized spacial score (nSPS) is 14.9. The molecule has 0 aromatic carbocycles. The van der Waals surface area contributed by atoms with Crippen molar-refractivity contribution in [3.8, 4) is 6.07 Å². The molecule has 0 radical (unpaired) electrons. The third kappa shape index (κ3) is 8.40. The Bertz CT molecular complexity index is 205. The van der Waals surface area contributed by atoms with E-state index in [4.69, 9.17) is 5.26 Å². The fourth-order valence-electron chi connectivity index (χ4n) is 0.974.